The minimum Gasteiger partial charge on any atom is -0.384 e. The minimum absolute atomic E-state index is 0.464. The fraction of sp³-hybridized carbons (Fsp3) is 0.250. The van der Waals surface area contributed by atoms with Gasteiger partial charge in [-0.2, -0.15) is 0 Å². The van der Waals surface area contributed by atoms with Crippen molar-refractivity contribution in [2.24, 2.45) is 0 Å². The molecule has 1 rings (SSSR count). The van der Waals surface area contributed by atoms with Gasteiger partial charge in [0.1, 0.15) is 0 Å². The van der Waals surface area contributed by atoms with Crippen molar-refractivity contribution in [3.05, 3.63) is 36.0 Å². The second-order valence-electron chi connectivity index (χ2n) is 2.27. The van der Waals surface area contributed by atoms with Crippen molar-refractivity contribution in [1.29, 1.82) is 0 Å². The number of hydrogen-bond donors (Lipinski definition) is 1. The van der Waals surface area contributed by atoms with Gasteiger partial charge < -0.3 is 5.11 Å². The Balaban J connectivity index is 2.82. The maximum Gasteiger partial charge on any atom is 0.0969 e. The van der Waals surface area contributed by atoms with Crippen molar-refractivity contribution in [2.45, 2.75) is 13.0 Å². The van der Waals surface area contributed by atoms with Crippen molar-refractivity contribution >= 4 is 0 Å². The molecule has 0 aliphatic heterocycles. The van der Waals surface area contributed by atoms with Crippen LogP contribution < -0.4 is 0 Å². The lowest BCUT2D eigenvalue weighted by atomic mass is 10.0. The summed E-state index contributed by atoms with van der Waals surface area (Å²) in [5.74, 6) is 0. The second kappa shape index (κ2) is 2.19. The first-order chi connectivity index (χ1) is 4.20. The maximum absolute atomic E-state index is 9.06. The molecule has 1 N–H and O–H groups in total. The largest absolute Gasteiger partial charge is 0.384 e. The van der Waals surface area contributed by atoms with Crippen LogP contribution in [0.3, 0.4) is 0 Å². The molecule has 0 heterocycles. The van der Waals surface area contributed by atoms with Crippen molar-refractivity contribution in [3.8, 4) is 0 Å². The maximum atomic E-state index is 9.06. The summed E-state index contributed by atoms with van der Waals surface area (Å²) >= 11 is 0. The summed E-state index contributed by atoms with van der Waals surface area (Å²) in [7, 11) is 0. The molecule has 1 nitrogen and oxygen atoms in total. The molecule has 1 unspecified atom stereocenters. The van der Waals surface area contributed by atoms with Gasteiger partial charge in [0, 0.05) is 0 Å². The molecule has 0 radical (unpaired) electrons. The van der Waals surface area contributed by atoms with E-state index in [0.29, 0.717) is 0 Å². The summed E-state index contributed by atoms with van der Waals surface area (Å²) in [6.45, 7) is 5.65. The van der Waals surface area contributed by atoms with Crippen molar-refractivity contribution in [1.82, 2.24) is 0 Å². The van der Waals surface area contributed by atoms with E-state index in [1.54, 1.807) is 6.08 Å². The number of hydrogen-bond acceptors (Lipinski definition) is 1. The summed E-state index contributed by atoms with van der Waals surface area (Å²) < 4.78 is 0. The molecule has 0 saturated carbocycles. The predicted octanol–water partition coefficient (Wildman–Crippen LogP) is 1.42. The molecular formula is C8H10O. The van der Waals surface area contributed by atoms with Gasteiger partial charge in [-0.05, 0) is 12.5 Å². The summed E-state index contributed by atoms with van der Waals surface area (Å²) in [6.07, 6.45) is 5.04. The molecule has 1 heteroatoms. The first-order valence-electron chi connectivity index (χ1n) is 2.93. The molecule has 0 aromatic carbocycles. The van der Waals surface area contributed by atoms with Crippen LogP contribution in [0.5, 0.6) is 0 Å². The molecule has 0 aromatic heterocycles. The van der Waals surface area contributed by atoms with Crippen LogP contribution in [0.2, 0.25) is 0 Å². The lowest BCUT2D eigenvalue weighted by Gasteiger charge is -2.10. The van der Waals surface area contributed by atoms with Gasteiger partial charge in [-0.3, -0.25) is 0 Å². The molecule has 1 aliphatic carbocycles. The Kier molecular flexibility index (Phi) is 1.54. The molecule has 48 valence electrons. The minimum atomic E-state index is -0.464. The van der Waals surface area contributed by atoms with Crippen LogP contribution in [0.4, 0.5) is 0 Å². The van der Waals surface area contributed by atoms with Gasteiger partial charge in [0.15, 0.2) is 0 Å². The highest BCUT2D eigenvalue weighted by Gasteiger charge is 2.04. The van der Waals surface area contributed by atoms with Crippen LogP contribution in [0.15, 0.2) is 36.0 Å². The first kappa shape index (κ1) is 6.30. The Labute approximate surface area is 55.0 Å². The quantitative estimate of drug-likeness (QED) is 0.515. The normalized spacial score (nSPS) is 26.2. The van der Waals surface area contributed by atoms with Crippen LogP contribution in [-0.2, 0) is 0 Å². The van der Waals surface area contributed by atoms with Crippen LogP contribution in [0.1, 0.15) is 6.92 Å². The van der Waals surface area contributed by atoms with E-state index in [1.165, 1.54) is 0 Å². The number of aliphatic hydroxyl groups is 1. The summed E-state index contributed by atoms with van der Waals surface area (Å²) in [4.78, 5) is 0. The third kappa shape index (κ3) is 1.30. The Hall–Kier alpha value is -0.820. The smallest absolute Gasteiger partial charge is 0.0969 e. The Morgan fingerprint density at radius 1 is 1.67 bits per heavy atom. The van der Waals surface area contributed by atoms with Gasteiger partial charge in [-0.25, -0.2) is 0 Å². The van der Waals surface area contributed by atoms with E-state index in [4.69, 9.17) is 5.11 Å². The van der Waals surface area contributed by atoms with Crippen molar-refractivity contribution in [3.63, 3.8) is 0 Å². The third-order valence-corrected chi connectivity index (χ3v) is 1.33. The van der Waals surface area contributed by atoms with E-state index in [1.807, 2.05) is 19.1 Å². The lowest BCUT2D eigenvalue weighted by Crippen LogP contribution is -2.06. The molecule has 0 saturated heterocycles. The Morgan fingerprint density at radius 2 is 2.33 bits per heavy atom. The van der Waals surface area contributed by atoms with E-state index < -0.39 is 6.10 Å². The topological polar surface area (TPSA) is 20.2 Å². The second-order valence-corrected chi connectivity index (χ2v) is 2.27. The summed E-state index contributed by atoms with van der Waals surface area (Å²) in [5, 5.41) is 9.06. The van der Waals surface area contributed by atoms with Gasteiger partial charge in [0.25, 0.3) is 0 Å². The van der Waals surface area contributed by atoms with Crippen molar-refractivity contribution in [2.75, 3.05) is 0 Å². The molecule has 0 spiro atoms. The standard InChI is InChI=1S/C8H10O/c1-6-3-4-8(9)7(2)5-6/h3-5,8-9H,2H2,1H3. The third-order valence-electron chi connectivity index (χ3n) is 1.33. The van der Waals surface area contributed by atoms with E-state index in [-0.39, 0.29) is 0 Å². The van der Waals surface area contributed by atoms with Crippen LogP contribution in [0.25, 0.3) is 0 Å². The molecule has 1 aliphatic rings. The average Bonchev–Trinajstić information content (AvgIpc) is 1.80. The Morgan fingerprint density at radius 3 is 2.78 bits per heavy atom. The summed E-state index contributed by atoms with van der Waals surface area (Å²) in [5.41, 5.74) is 1.92. The molecule has 0 aromatic rings. The van der Waals surface area contributed by atoms with Gasteiger partial charge in [0.05, 0.1) is 6.10 Å². The monoisotopic (exact) mass is 122 g/mol. The number of rotatable bonds is 0. The number of allylic oxidation sites excluding steroid dienone is 2. The zero-order valence-electron chi connectivity index (χ0n) is 5.46. The predicted molar refractivity (Wildman–Crippen MR) is 38.0 cm³/mol. The molecule has 0 bridgehead atoms. The van der Waals surface area contributed by atoms with Crippen LogP contribution >= 0.6 is 0 Å². The van der Waals surface area contributed by atoms with Gasteiger partial charge in [-0.1, -0.05) is 30.4 Å². The SMILES string of the molecule is C=C1C=C(C)C=CC1O. The fourth-order valence-electron chi connectivity index (χ4n) is 0.792. The van der Waals surface area contributed by atoms with E-state index >= 15 is 0 Å². The zero-order valence-corrected chi connectivity index (χ0v) is 5.46. The molecule has 0 fully saturated rings. The zero-order chi connectivity index (χ0) is 6.85. The highest BCUT2D eigenvalue weighted by molar-refractivity contribution is 5.37. The molecule has 9 heavy (non-hydrogen) atoms. The van der Waals surface area contributed by atoms with E-state index in [2.05, 4.69) is 6.58 Å². The lowest BCUT2D eigenvalue weighted by molar-refractivity contribution is 0.262. The van der Waals surface area contributed by atoms with Crippen LogP contribution in [-0.4, -0.2) is 11.2 Å². The van der Waals surface area contributed by atoms with Gasteiger partial charge in [0.2, 0.25) is 0 Å². The van der Waals surface area contributed by atoms with Gasteiger partial charge >= 0.3 is 0 Å². The number of aliphatic hydroxyl groups excluding tert-OH is 1. The van der Waals surface area contributed by atoms with Gasteiger partial charge in [-0.15, -0.1) is 0 Å². The highest BCUT2D eigenvalue weighted by Crippen LogP contribution is 2.13. The average molecular weight is 122 g/mol. The first-order valence-corrected chi connectivity index (χ1v) is 2.93. The molecular weight excluding hydrogens is 112 g/mol. The van der Waals surface area contributed by atoms with E-state index in [9.17, 15) is 0 Å². The Bertz CT molecular complexity index is 187. The van der Waals surface area contributed by atoms with Crippen molar-refractivity contribution < 1.29 is 5.11 Å². The van der Waals surface area contributed by atoms with Crippen LogP contribution in [0, 0.1) is 0 Å². The fourth-order valence-corrected chi connectivity index (χ4v) is 0.792. The van der Waals surface area contributed by atoms with E-state index in [0.717, 1.165) is 11.1 Å². The highest BCUT2D eigenvalue weighted by atomic mass is 16.3. The summed E-state index contributed by atoms with van der Waals surface area (Å²) in [6, 6.07) is 0. The molecule has 1 atom stereocenters. The molecule has 0 amide bonds.